The highest BCUT2D eigenvalue weighted by molar-refractivity contribution is 7.13. The summed E-state index contributed by atoms with van der Waals surface area (Å²) in [5.41, 5.74) is -0.450. The molecule has 6 heteroatoms. The number of fused-ring (bicyclic) bond motifs is 1. The van der Waals surface area contributed by atoms with Crippen LogP contribution in [0.15, 0.2) is 5.38 Å². The van der Waals surface area contributed by atoms with Crippen LogP contribution in [0.4, 0.5) is 5.69 Å². The summed E-state index contributed by atoms with van der Waals surface area (Å²) in [6.07, 6.45) is 3.35. The minimum Gasteiger partial charge on any atom is -0.477 e. The third kappa shape index (κ3) is 1.44. The summed E-state index contributed by atoms with van der Waals surface area (Å²) in [6.45, 7) is 0. The number of anilines is 1. The molecule has 5 nitrogen and oxygen atoms in total. The van der Waals surface area contributed by atoms with Crippen molar-refractivity contribution in [3.8, 4) is 5.75 Å². The van der Waals surface area contributed by atoms with Crippen molar-refractivity contribution in [1.82, 2.24) is 0 Å². The van der Waals surface area contributed by atoms with Gasteiger partial charge in [0, 0.05) is 5.38 Å². The van der Waals surface area contributed by atoms with Crippen molar-refractivity contribution < 1.29 is 19.4 Å². The van der Waals surface area contributed by atoms with Gasteiger partial charge < -0.3 is 15.2 Å². The smallest absolute Gasteiger partial charge is 0.348 e. The predicted molar refractivity (Wildman–Crippen MR) is 61.7 cm³/mol. The van der Waals surface area contributed by atoms with Gasteiger partial charge in [-0.3, -0.25) is 4.79 Å². The second-order valence-corrected chi connectivity index (χ2v) is 5.25. The second kappa shape index (κ2) is 3.46. The van der Waals surface area contributed by atoms with Crippen LogP contribution in [0.1, 0.15) is 35.4 Å². The minimum absolute atomic E-state index is 0.126. The molecule has 1 aliphatic carbocycles. The predicted octanol–water partition coefficient (Wildman–Crippen LogP) is 2.09. The molecule has 1 aliphatic heterocycles. The van der Waals surface area contributed by atoms with Gasteiger partial charge in [0.1, 0.15) is 10.6 Å². The van der Waals surface area contributed by atoms with Crippen molar-refractivity contribution in [2.24, 2.45) is 0 Å². The molecule has 2 aliphatic rings. The summed E-state index contributed by atoms with van der Waals surface area (Å²) >= 11 is 1.08. The Kier molecular flexibility index (Phi) is 2.16. The van der Waals surface area contributed by atoms with E-state index in [1.807, 2.05) is 0 Å². The molecule has 0 unspecified atom stereocenters. The molecule has 2 N–H and O–H groups in total. The Hall–Kier alpha value is -1.56. The maximum Gasteiger partial charge on any atom is 0.348 e. The van der Waals surface area contributed by atoms with Crippen LogP contribution in [0.3, 0.4) is 0 Å². The van der Waals surface area contributed by atoms with Crippen LogP contribution >= 0.6 is 11.3 Å². The third-order valence-corrected chi connectivity index (χ3v) is 4.27. The lowest BCUT2D eigenvalue weighted by molar-refractivity contribution is -0.131. The lowest BCUT2D eigenvalue weighted by Crippen LogP contribution is -2.48. The summed E-state index contributed by atoms with van der Waals surface area (Å²) in [5, 5.41) is 13.3. The normalized spacial score (nSPS) is 20.8. The van der Waals surface area contributed by atoms with E-state index in [0.717, 1.165) is 24.2 Å². The minimum atomic E-state index is -1.04. The molecule has 1 spiro atoms. The molecule has 2 heterocycles. The zero-order chi connectivity index (χ0) is 12.0. The number of thiophene rings is 1. The van der Waals surface area contributed by atoms with Gasteiger partial charge in [-0.25, -0.2) is 4.79 Å². The van der Waals surface area contributed by atoms with Crippen LogP contribution in [0.2, 0.25) is 0 Å². The molecule has 0 aromatic carbocycles. The highest BCUT2D eigenvalue weighted by Gasteiger charge is 2.47. The number of hydrogen-bond donors (Lipinski definition) is 2. The second-order valence-electron chi connectivity index (χ2n) is 4.37. The van der Waals surface area contributed by atoms with Crippen LogP contribution in [0, 0.1) is 0 Å². The molecule has 0 radical (unpaired) electrons. The fraction of sp³-hybridized carbons (Fsp3) is 0.455. The first kappa shape index (κ1) is 10.6. The number of hydrogen-bond acceptors (Lipinski definition) is 4. The number of rotatable bonds is 1. The van der Waals surface area contributed by atoms with Crippen molar-refractivity contribution in [1.29, 1.82) is 0 Å². The van der Waals surface area contributed by atoms with E-state index in [9.17, 15) is 9.59 Å². The fourth-order valence-corrected chi connectivity index (χ4v) is 3.21. The van der Waals surface area contributed by atoms with Crippen LogP contribution in [-0.2, 0) is 4.79 Å². The largest absolute Gasteiger partial charge is 0.477 e. The van der Waals surface area contributed by atoms with Crippen molar-refractivity contribution in [2.45, 2.75) is 31.3 Å². The van der Waals surface area contributed by atoms with Gasteiger partial charge in [0.2, 0.25) is 0 Å². The number of amides is 1. The summed E-state index contributed by atoms with van der Waals surface area (Å²) in [4.78, 5) is 23.1. The van der Waals surface area contributed by atoms with E-state index in [4.69, 9.17) is 9.84 Å². The molecule has 1 aromatic rings. The van der Waals surface area contributed by atoms with Gasteiger partial charge in [0.25, 0.3) is 5.91 Å². The van der Waals surface area contributed by atoms with Crippen molar-refractivity contribution in [3.05, 3.63) is 10.3 Å². The molecule has 1 amide bonds. The molecular formula is C11H11NO4S. The molecule has 0 atom stereocenters. The average Bonchev–Trinajstić information content (AvgIpc) is 2.87. The molecule has 17 heavy (non-hydrogen) atoms. The molecule has 1 fully saturated rings. The highest BCUT2D eigenvalue weighted by atomic mass is 32.1. The zero-order valence-electron chi connectivity index (χ0n) is 8.99. The Labute approximate surface area is 101 Å². The van der Waals surface area contributed by atoms with Crippen LogP contribution in [0.5, 0.6) is 5.75 Å². The summed E-state index contributed by atoms with van der Waals surface area (Å²) in [6, 6.07) is 0. The first-order chi connectivity index (χ1) is 8.12. The van der Waals surface area contributed by atoms with E-state index in [2.05, 4.69) is 5.32 Å². The zero-order valence-corrected chi connectivity index (χ0v) is 9.80. The van der Waals surface area contributed by atoms with Crippen molar-refractivity contribution in [2.75, 3.05) is 5.32 Å². The topological polar surface area (TPSA) is 75.6 Å². The third-order valence-electron chi connectivity index (χ3n) is 3.32. The Morgan fingerprint density at radius 1 is 1.47 bits per heavy atom. The van der Waals surface area contributed by atoms with Crippen molar-refractivity contribution in [3.63, 3.8) is 0 Å². The number of carbonyl (C=O) groups is 2. The number of carbonyl (C=O) groups excluding carboxylic acids is 1. The van der Waals surface area contributed by atoms with E-state index in [1.165, 1.54) is 0 Å². The SMILES string of the molecule is O=C(O)c1scc2c1NC(=O)C1(CCCC1)O2. The van der Waals surface area contributed by atoms with Crippen LogP contribution in [-0.4, -0.2) is 22.6 Å². The number of aromatic carboxylic acids is 1. The molecular weight excluding hydrogens is 242 g/mol. The summed E-state index contributed by atoms with van der Waals surface area (Å²) in [5.74, 6) is -0.750. The van der Waals surface area contributed by atoms with Gasteiger partial charge in [-0.05, 0) is 25.7 Å². The number of nitrogens with one attached hydrogen (secondary N) is 1. The lowest BCUT2D eigenvalue weighted by atomic mass is 9.99. The van der Waals surface area contributed by atoms with Gasteiger partial charge >= 0.3 is 5.97 Å². The van der Waals surface area contributed by atoms with Crippen LogP contribution in [0.25, 0.3) is 0 Å². The van der Waals surface area contributed by atoms with Gasteiger partial charge in [-0.15, -0.1) is 11.3 Å². The monoisotopic (exact) mass is 253 g/mol. The Morgan fingerprint density at radius 2 is 2.18 bits per heavy atom. The quantitative estimate of drug-likeness (QED) is 0.803. The average molecular weight is 253 g/mol. The van der Waals surface area contributed by atoms with Gasteiger partial charge in [-0.1, -0.05) is 0 Å². The van der Waals surface area contributed by atoms with Crippen LogP contribution < -0.4 is 10.1 Å². The number of carboxylic acid groups (broad SMARTS) is 1. The number of carboxylic acids is 1. The highest BCUT2D eigenvalue weighted by Crippen LogP contribution is 2.45. The van der Waals surface area contributed by atoms with Crippen molar-refractivity contribution >= 4 is 28.9 Å². The van der Waals surface area contributed by atoms with Gasteiger partial charge in [0.05, 0.1) is 0 Å². The standard InChI is InChI=1S/C11H11NO4S/c13-9(14)8-7-6(5-17-8)16-11(10(15)12-7)3-1-2-4-11/h5H,1-4H2,(H,12,15)(H,13,14). The first-order valence-corrected chi connectivity index (χ1v) is 6.36. The Balaban J connectivity index is 2.02. The summed E-state index contributed by atoms with van der Waals surface area (Å²) in [7, 11) is 0. The molecule has 3 rings (SSSR count). The van der Waals surface area contributed by atoms with E-state index in [0.29, 0.717) is 24.3 Å². The van der Waals surface area contributed by atoms with E-state index in [-0.39, 0.29) is 10.8 Å². The Morgan fingerprint density at radius 3 is 2.82 bits per heavy atom. The van der Waals surface area contributed by atoms with Gasteiger partial charge in [0.15, 0.2) is 11.4 Å². The molecule has 90 valence electrons. The lowest BCUT2D eigenvalue weighted by Gasteiger charge is -2.33. The maximum atomic E-state index is 12.0. The number of ether oxygens (including phenoxy) is 1. The summed E-state index contributed by atoms with van der Waals surface area (Å²) < 4.78 is 5.76. The van der Waals surface area contributed by atoms with Gasteiger partial charge in [-0.2, -0.15) is 0 Å². The molecule has 1 saturated carbocycles. The van der Waals surface area contributed by atoms with E-state index < -0.39 is 11.6 Å². The maximum absolute atomic E-state index is 12.0. The Bertz CT molecular complexity index is 502. The first-order valence-electron chi connectivity index (χ1n) is 5.48. The molecule has 0 bridgehead atoms. The fourth-order valence-electron chi connectivity index (χ4n) is 2.45. The van der Waals surface area contributed by atoms with E-state index >= 15 is 0 Å². The van der Waals surface area contributed by atoms with E-state index in [1.54, 1.807) is 5.38 Å². The molecule has 0 saturated heterocycles. The molecule has 1 aromatic heterocycles.